The van der Waals surface area contributed by atoms with Crippen LogP contribution in [0.3, 0.4) is 0 Å². The summed E-state index contributed by atoms with van der Waals surface area (Å²) in [6, 6.07) is 12.2. The molecule has 2 rings (SSSR count). The maximum atomic E-state index is 11.8. The summed E-state index contributed by atoms with van der Waals surface area (Å²) < 4.78 is 10.4. The van der Waals surface area contributed by atoms with Crippen LogP contribution in [0.2, 0.25) is 10.0 Å². The molecule has 6 heteroatoms. The average Bonchev–Trinajstić information content (AvgIpc) is 2.50. The van der Waals surface area contributed by atoms with Crippen molar-refractivity contribution in [2.75, 3.05) is 13.7 Å². The summed E-state index contributed by atoms with van der Waals surface area (Å²) >= 11 is 11.7. The Balaban J connectivity index is 1.80. The molecule has 1 N–H and O–H groups in total. The molecule has 0 aromatic heterocycles. The quantitative estimate of drug-likeness (QED) is 0.872. The minimum absolute atomic E-state index is 0.104. The summed E-state index contributed by atoms with van der Waals surface area (Å²) in [6.07, 6.45) is 0. The normalized spacial score (nSPS) is 10.1. The Labute approximate surface area is 138 Å². The van der Waals surface area contributed by atoms with E-state index < -0.39 is 0 Å². The van der Waals surface area contributed by atoms with Crippen molar-refractivity contribution in [3.63, 3.8) is 0 Å². The minimum atomic E-state index is -0.230. The number of rotatable bonds is 6. The van der Waals surface area contributed by atoms with Crippen LogP contribution in [0.4, 0.5) is 0 Å². The summed E-state index contributed by atoms with van der Waals surface area (Å²) in [6.45, 7) is 0.315. The first-order chi connectivity index (χ1) is 10.6. The number of amides is 1. The highest BCUT2D eigenvalue weighted by Gasteiger charge is 2.05. The van der Waals surface area contributed by atoms with Crippen LogP contribution in [0, 0.1) is 0 Å². The van der Waals surface area contributed by atoms with Gasteiger partial charge in [0.25, 0.3) is 5.91 Å². The summed E-state index contributed by atoms with van der Waals surface area (Å²) in [4.78, 5) is 11.8. The number of carbonyl (C=O) groups excluding carboxylic acids is 1. The topological polar surface area (TPSA) is 47.6 Å². The third-order valence-electron chi connectivity index (χ3n) is 2.85. The van der Waals surface area contributed by atoms with E-state index in [1.165, 1.54) is 0 Å². The lowest BCUT2D eigenvalue weighted by Crippen LogP contribution is -2.28. The molecule has 0 atom stereocenters. The van der Waals surface area contributed by atoms with Gasteiger partial charge in [0.15, 0.2) is 6.61 Å². The molecule has 0 aliphatic rings. The van der Waals surface area contributed by atoms with E-state index in [-0.39, 0.29) is 12.5 Å². The number of carbonyl (C=O) groups is 1. The Morgan fingerprint density at radius 1 is 1.05 bits per heavy atom. The highest BCUT2D eigenvalue weighted by molar-refractivity contribution is 6.34. The van der Waals surface area contributed by atoms with E-state index in [0.717, 1.165) is 11.3 Å². The van der Waals surface area contributed by atoms with Gasteiger partial charge in [0, 0.05) is 16.6 Å². The van der Waals surface area contributed by atoms with Crippen LogP contribution in [0.1, 0.15) is 5.56 Å². The zero-order valence-corrected chi connectivity index (χ0v) is 13.4. The molecule has 2 aromatic rings. The fourth-order valence-corrected chi connectivity index (χ4v) is 2.26. The summed E-state index contributed by atoms with van der Waals surface area (Å²) in [7, 11) is 1.61. The van der Waals surface area contributed by atoms with Crippen LogP contribution < -0.4 is 14.8 Å². The molecule has 0 spiro atoms. The van der Waals surface area contributed by atoms with Crippen LogP contribution in [-0.4, -0.2) is 19.6 Å². The van der Waals surface area contributed by atoms with Crippen molar-refractivity contribution < 1.29 is 14.3 Å². The van der Waals surface area contributed by atoms with Gasteiger partial charge in [-0.05, 0) is 35.9 Å². The monoisotopic (exact) mass is 339 g/mol. The van der Waals surface area contributed by atoms with Crippen molar-refractivity contribution in [1.82, 2.24) is 5.32 Å². The molecule has 116 valence electrons. The predicted molar refractivity (Wildman–Crippen MR) is 86.8 cm³/mol. The zero-order chi connectivity index (χ0) is 15.9. The molecule has 0 aliphatic carbocycles. The van der Waals surface area contributed by atoms with Crippen molar-refractivity contribution in [3.05, 3.63) is 58.1 Å². The molecule has 1 amide bonds. The number of halogens is 2. The predicted octanol–water partition coefficient (Wildman–Crippen LogP) is 3.70. The molecule has 0 bridgehead atoms. The molecule has 0 aliphatic heterocycles. The smallest absolute Gasteiger partial charge is 0.258 e. The fourth-order valence-electron chi connectivity index (χ4n) is 1.76. The standard InChI is InChI=1S/C16H15Cl2NO3/c1-21-14-4-2-11(3-5-14)9-19-16(20)10-22-15-7-12(17)6-13(18)8-15/h2-8H,9-10H2,1H3,(H,19,20). The van der Waals surface area contributed by atoms with Gasteiger partial charge in [0.05, 0.1) is 7.11 Å². The van der Waals surface area contributed by atoms with Gasteiger partial charge >= 0.3 is 0 Å². The van der Waals surface area contributed by atoms with Gasteiger partial charge in [-0.3, -0.25) is 4.79 Å². The molecular weight excluding hydrogens is 325 g/mol. The largest absolute Gasteiger partial charge is 0.497 e. The second-order valence-electron chi connectivity index (χ2n) is 4.52. The van der Waals surface area contributed by atoms with E-state index in [4.69, 9.17) is 32.7 Å². The third kappa shape index (κ3) is 5.13. The van der Waals surface area contributed by atoms with Crippen molar-refractivity contribution in [2.24, 2.45) is 0 Å². The van der Waals surface area contributed by atoms with E-state index in [9.17, 15) is 4.79 Å². The molecule has 0 fully saturated rings. The zero-order valence-electron chi connectivity index (χ0n) is 11.9. The molecule has 22 heavy (non-hydrogen) atoms. The lowest BCUT2D eigenvalue weighted by molar-refractivity contribution is -0.123. The molecule has 4 nitrogen and oxygen atoms in total. The lowest BCUT2D eigenvalue weighted by Gasteiger charge is -2.08. The van der Waals surface area contributed by atoms with E-state index in [2.05, 4.69) is 5.32 Å². The van der Waals surface area contributed by atoms with Gasteiger partial charge in [-0.1, -0.05) is 35.3 Å². The summed E-state index contributed by atoms with van der Waals surface area (Å²) in [5, 5.41) is 3.68. The number of ether oxygens (including phenoxy) is 2. The first-order valence-electron chi connectivity index (χ1n) is 6.55. The third-order valence-corrected chi connectivity index (χ3v) is 3.29. The highest BCUT2D eigenvalue weighted by atomic mass is 35.5. The molecule has 0 saturated carbocycles. The van der Waals surface area contributed by atoms with Gasteiger partial charge in [-0.2, -0.15) is 0 Å². The molecule has 0 unspecified atom stereocenters. The highest BCUT2D eigenvalue weighted by Crippen LogP contribution is 2.24. The Morgan fingerprint density at radius 3 is 2.27 bits per heavy atom. The first kappa shape index (κ1) is 16.5. The average molecular weight is 340 g/mol. The Hall–Kier alpha value is -1.91. The Kier molecular flexibility index (Phi) is 5.92. The molecular formula is C16H15Cl2NO3. The second-order valence-corrected chi connectivity index (χ2v) is 5.39. The lowest BCUT2D eigenvalue weighted by atomic mass is 10.2. The maximum Gasteiger partial charge on any atom is 0.258 e. The fraction of sp³-hybridized carbons (Fsp3) is 0.188. The molecule has 0 heterocycles. The van der Waals surface area contributed by atoms with Gasteiger partial charge in [-0.25, -0.2) is 0 Å². The number of hydrogen-bond acceptors (Lipinski definition) is 3. The number of methoxy groups -OCH3 is 1. The summed E-state index contributed by atoms with van der Waals surface area (Å²) in [5.74, 6) is 1.00. The molecule has 2 aromatic carbocycles. The van der Waals surface area contributed by atoms with Crippen molar-refractivity contribution in [2.45, 2.75) is 6.54 Å². The van der Waals surface area contributed by atoms with Crippen LogP contribution in [0.15, 0.2) is 42.5 Å². The van der Waals surface area contributed by atoms with Gasteiger partial charge in [-0.15, -0.1) is 0 Å². The molecule has 0 saturated heterocycles. The van der Waals surface area contributed by atoms with Crippen molar-refractivity contribution >= 4 is 29.1 Å². The Morgan fingerprint density at radius 2 is 1.68 bits per heavy atom. The van der Waals surface area contributed by atoms with Crippen LogP contribution in [0.5, 0.6) is 11.5 Å². The maximum absolute atomic E-state index is 11.8. The van der Waals surface area contributed by atoms with Crippen LogP contribution >= 0.6 is 23.2 Å². The SMILES string of the molecule is COc1ccc(CNC(=O)COc2cc(Cl)cc(Cl)c2)cc1. The van der Waals surface area contributed by atoms with Gasteiger partial charge < -0.3 is 14.8 Å². The van der Waals surface area contributed by atoms with Gasteiger partial charge in [0.1, 0.15) is 11.5 Å². The van der Waals surface area contributed by atoms with Crippen LogP contribution in [0.25, 0.3) is 0 Å². The first-order valence-corrected chi connectivity index (χ1v) is 7.31. The number of nitrogens with one attached hydrogen (secondary N) is 1. The molecule has 0 radical (unpaired) electrons. The van der Waals surface area contributed by atoms with Crippen molar-refractivity contribution in [3.8, 4) is 11.5 Å². The van der Waals surface area contributed by atoms with Crippen molar-refractivity contribution in [1.29, 1.82) is 0 Å². The Bertz CT molecular complexity index is 624. The summed E-state index contributed by atoms with van der Waals surface area (Å²) in [5.41, 5.74) is 0.972. The van der Waals surface area contributed by atoms with Gasteiger partial charge in [0.2, 0.25) is 0 Å². The van der Waals surface area contributed by atoms with E-state index in [1.54, 1.807) is 25.3 Å². The second kappa shape index (κ2) is 7.92. The van der Waals surface area contributed by atoms with E-state index >= 15 is 0 Å². The number of hydrogen-bond donors (Lipinski definition) is 1. The van der Waals surface area contributed by atoms with Crippen LogP contribution in [-0.2, 0) is 11.3 Å². The van der Waals surface area contributed by atoms with E-state index in [1.807, 2.05) is 24.3 Å². The van der Waals surface area contributed by atoms with E-state index in [0.29, 0.717) is 22.3 Å². The number of benzene rings is 2. The minimum Gasteiger partial charge on any atom is -0.497 e.